The van der Waals surface area contributed by atoms with Crippen LogP contribution < -0.4 is 0 Å². The van der Waals surface area contributed by atoms with Crippen LogP contribution in [0, 0.1) is 0 Å². The lowest BCUT2D eigenvalue weighted by Crippen LogP contribution is -2.07. The van der Waals surface area contributed by atoms with E-state index < -0.39 is 33.7 Å². The van der Waals surface area contributed by atoms with E-state index in [1.54, 1.807) is 0 Å². The number of phosphoric acid groups is 1. The summed E-state index contributed by atoms with van der Waals surface area (Å²) in [7, 11) is -0.190. The number of carboxylic acids is 3. The minimum Gasteiger partial charge on any atom is -0.481 e. The number of hydrogen-bond acceptors (Lipinski definition) is 7. The third-order valence-corrected chi connectivity index (χ3v) is 6.51. The van der Waals surface area contributed by atoms with Crippen LogP contribution in [0.25, 0.3) is 0 Å². The van der Waals surface area contributed by atoms with Gasteiger partial charge < -0.3 is 15.3 Å². The lowest BCUT2D eigenvalue weighted by atomic mass is 10.5. The summed E-state index contributed by atoms with van der Waals surface area (Å²) in [5.74, 6) is -2.80. The van der Waals surface area contributed by atoms with Gasteiger partial charge in [-0.3, -0.25) is 28.0 Å². The second-order valence-corrected chi connectivity index (χ2v) is 8.94. The molecule has 0 saturated heterocycles. The molecule has 12 heteroatoms. The van der Waals surface area contributed by atoms with E-state index in [1.807, 2.05) is 0 Å². The largest absolute Gasteiger partial charge is 0.481 e. The first kappa shape index (κ1) is 25.2. The Morgan fingerprint density at radius 2 is 1.00 bits per heavy atom. The van der Waals surface area contributed by atoms with E-state index in [4.69, 9.17) is 15.3 Å². The zero-order valence-electron chi connectivity index (χ0n) is 13.8. The molecule has 0 unspecified atom stereocenters. The standard InChI is InChI=1S/C9H15O6P.C3H9O4P/c10-7(11)1-4-16(5-2-8(12)13)6-3-9(14)15;1-5-8(4,6-2)7-3/h1-6H2,(H,10,11)(H,12,13)(H,14,15);1-3H3. The Kier molecular flexibility index (Phi) is 15.0. The minimum absolute atomic E-state index is 0.0229. The van der Waals surface area contributed by atoms with Gasteiger partial charge in [0.15, 0.2) is 0 Å². The maximum Gasteiger partial charge on any atom is 0.473 e. The molecule has 0 aliphatic rings. The SMILES string of the molecule is COP(=O)(OC)OC.O=C(O)CCP(CCC(=O)O)CCC(=O)O. The average Bonchev–Trinajstić information content (AvgIpc) is 2.53. The van der Waals surface area contributed by atoms with Crippen molar-refractivity contribution < 1.29 is 47.8 Å². The maximum atomic E-state index is 10.7. The molecular formula is C12H24O10P2. The summed E-state index contributed by atoms with van der Waals surface area (Å²) in [6.07, 6.45) is 1.11. The van der Waals surface area contributed by atoms with E-state index in [0.717, 1.165) is 0 Å². The van der Waals surface area contributed by atoms with Crippen LogP contribution in [0.1, 0.15) is 19.3 Å². The molecule has 0 spiro atoms. The van der Waals surface area contributed by atoms with Crippen LogP contribution in [0.3, 0.4) is 0 Å². The van der Waals surface area contributed by atoms with E-state index in [9.17, 15) is 18.9 Å². The Bertz CT molecular complexity index is 378. The second-order valence-electron chi connectivity index (χ2n) is 4.27. The van der Waals surface area contributed by atoms with Crippen LogP contribution in [0.5, 0.6) is 0 Å². The topological polar surface area (TPSA) is 157 Å². The summed E-state index contributed by atoms with van der Waals surface area (Å²) in [6.45, 7) is 0. The van der Waals surface area contributed by atoms with Crippen molar-refractivity contribution in [2.24, 2.45) is 0 Å². The Labute approximate surface area is 141 Å². The molecule has 0 rings (SSSR count). The molecule has 0 heterocycles. The average molecular weight is 390 g/mol. The number of aliphatic carboxylic acids is 3. The fourth-order valence-electron chi connectivity index (χ4n) is 1.32. The number of rotatable bonds is 12. The monoisotopic (exact) mass is 390 g/mol. The molecule has 0 atom stereocenters. The molecule has 0 aliphatic carbocycles. The fourth-order valence-corrected chi connectivity index (χ4v) is 3.96. The van der Waals surface area contributed by atoms with Crippen molar-refractivity contribution in [3.05, 3.63) is 0 Å². The third kappa shape index (κ3) is 15.8. The van der Waals surface area contributed by atoms with Crippen LogP contribution in [0.4, 0.5) is 0 Å². The molecule has 0 aromatic rings. The highest BCUT2D eigenvalue weighted by molar-refractivity contribution is 7.57. The van der Waals surface area contributed by atoms with Crippen LogP contribution in [-0.4, -0.2) is 73.0 Å². The molecule has 0 aliphatic heterocycles. The van der Waals surface area contributed by atoms with Crippen molar-refractivity contribution in [1.29, 1.82) is 0 Å². The quantitative estimate of drug-likeness (QED) is 0.421. The molecule has 0 fully saturated rings. The molecule has 10 nitrogen and oxygen atoms in total. The first-order chi connectivity index (χ1) is 11.1. The predicted molar refractivity (Wildman–Crippen MR) is 86.9 cm³/mol. The van der Waals surface area contributed by atoms with Gasteiger partial charge in [-0.15, -0.1) is 7.92 Å². The molecule has 0 saturated carbocycles. The molecule has 0 aromatic carbocycles. The number of hydrogen-bond donors (Lipinski definition) is 3. The summed E-state index contributed by atoms with van der Waals surface area (Å²) >= 11 is 0. The molecule has 0 aromatic heterocycles. The first-order valence-electron chi connectivity index (χ1n) is 6.75. The third-order valence-electron chi connectivity index (χ3n) is 2.60. The number of carbonyl (C=O) groups is 3. The van der Waals surface area contributed by atoms with E-state index >= 15 is 0 Å². The fraction of sp³-hybridized carbons (Fsp3) is 0.750. The van der Waals surface area contributed by atoms with Gasteiger partial charge in [0, 0.05) is 40.6 Å². The molecule has 24 heavy (non-hydrogen) atoms. The van der Waals surface area contributed by atoms with Gasteiger partial charge in [0.1, 0.15) is 0 Å². The zero-order chi connectivity index (χ0) is 19.2. The molecular weight excluding hydrogens is 366 g/mol. The van der Waals surface area contributed by atoms with Crippen molar-refractivity contribution in [3.8, 4) is 0 Å². The minimum atomic E-state index is -3.16. The highest BCUT2D eigenvalue weighted by Gasteiger charge is 2.18. The smallest absolute Gasteiger partial charge is 0.473 e. The zero-order valence-corrected chi connectivity index (χ0v) is 15.6. The van der Waals surface area contributed by atoms with Crippen LogP contribution in [-0.2, 0) is 32.5 Å². The summed E-state index contributed by atoms with van der Waals surface area (Å²) in [5.41, 5.74) is 0. The van der Waals surface area contributed by atoms with Gasteiger partial charge in [-0.25, -0.2) is 4.57 Å². The highest BCUT2D eigenvalue weighted by Crippen LogP contribution is 2.46. The summed E-state index contributed by atoms with van der Waals surface area (Å²) < 4.78 is 23.7. The van der Waals surface area contributed by atoms with Crippen molar-refractivity contribution in [1.82, 2.24) is 0 Å². The van der Waals surface area contributed by atoms with Gasteiger partial charge in [0.25, 0.3) is 0 Å². The van der Waals surface area contributed by atoms with Gasteiger partial charge in [0.2, 0.25) is 0 Å². The second kappa shape index (κ2) is 14.3. The Hall–Kier alpha value is -1.05. The van der Waals surface area contributed by atoms with Gasteiger partial charge in [-0.05, 0) is 18.5 Å². The van der Waals surface area contributed by atoms with E-state index in [0.29, 0.717) is 18.5 Å². The van der Waals surface area contributed by atoms with Gasteiger partial charge >= 0.3 is 25.7 Å². The Morgan fingerprint density at radius 1 is 0.750 bits per heavy atom. The Morgan fingerprint density at radius 3 is 1.12 bits per heavy atom. The summed E-state index contributed by atoms with van der Waals surface area (Å²) in [5, 5.41) is 25.5. The van der Waals surface area contributed by atoms with E-state index in [1.165, 1.54) is 21.3 Å². The predicted octanol–water partition coefficient (Wildman–Crippen LogP) is 1.93. The van der Waals surface area contributed by atoms with Crippen molar-refractivity contribution in [2.45, 2.75) is 19.3 Å². The van der Waals surface area contributed by atoms with Crippen molar-refractivity contribution in [3.63, 3.8) is 0 Å². The normalized spacial score (nSPS) is 10.8. The lowest BCUT2D eigenvalue weighted by molar-refractivity contribution is -0.137. The van der Waals surface area contributed by atoms with Crippen molar-refractivity contribution >= 4 is 33.7 Å². The van der Waals surface area contributed by atoms with E-state index in [2.05, 4.69) is 13.6 Å². The Balaban J connectivity index is 0. The van der Waals surface area contributed by atoms with E-state index in [-0.39, 0.29) is 19.3 Å². The molecule has 3 N–H and O–H groups in total. The highest BCUT2D eigenvalue weighted by atomic mass is 31.2. The van der Waals surface area contributed by atoms with Crippen LogP contribution >= 0.6 is 15.7 Å². The van der Waals surface area contributed by atoms with Crippen LogP contribution in [0.2, 0.25) is 0 Å². The summed E-state index contributed by atoms with van der Waals surface area (Å²) in [6, 6.07) is 0. The summed E-state index contributed by atoms with van der Waals surface area (Å²) in [4.78, 5) is 31.1. The molecule has 142 valence electrons. The maximum absolute atomic E-state index is 10.7. The first-order valence-corrected chi connectivity index (χ1v) is 10.1. The lowest BCUT2D eigenvalue weighted by Gasteiger charge is -2.14. The molecule has 0 amide bonds. The van der Waals surface area contributed by atoms with Crippen LogP contribution in [0.15, 0.2) is 0 Å². The van der Waals surface area contributed by atoms with Crippen molar-refractivity contribution in [2.75, 3.05) is 39.8 Å². The van der Waals surface area contributed by atoms with Gasteiger partial charge in [-0.2, -0.15) is 0 Å². The molecule has 0 radical (unpaired) electrons. The van der Waals surface area contributed by atoms with Gasteiger partial charge in [0.05, 0.1) is 0 Å². The number of phosphoric ester groups is 1. The number of carboxylic acid groups (broad SMARTS) is 3. The molecule has 0 bridgehead atoms. The van der Waals surface area contributed by atoms with Gasteiger partial charge in [-0.1, -0.05) is 0 Å².